The fraction of sp³-hybridized carbons (Fsp3) is 0.667. The Morgan fingerprint density at radius 3 is 2.75 bits per heavy atom. The van der Waals surface area contributed by atoms with Crippen LogP contribution in [0.15, 0.2) is 12.7 Å². The molecule has 1 unspecified atom stereocenters. The minimum absolute atomic E-state index is 0.0340. The zero-order valence-electron chi connectivity index (χ0n) is 10.0. The lowest BCUT2D eigenvalue weighted by Crippen LogP contribution is -2.34. The molecule has 0 aliphatic heterocycles. The highest BCUT2D eigenvalue weighted by Gasteiger charge is 2.20. The van der Waals surface area contributed by atoms with E-state index >= 15 is 0 Å². The van der Waals surface area contributed by atoms with Crippen LogP contribution in [0.1, 0.15) is 20.3 Å². The van der Waals surface area contributed by atoms with Gasteiger partial charge in [0.1, 0.15) is 5.92 Å². The standard InChI is InChI=1S/C12H20N2O2/c1-4-5-7-16-8-6-14-12(15)11(9-13)10(2)3/h4,10-11H,1,5-8H2,2-3H3,(H,14,15). The highest BCUT2D eigenvalue weighted by Crippen LogP contribution is 2.08. The Bertz CT molecular complexity index is 256. The molecule has 0 aromatic carbocycles. The highest BCUT2D eigenvalue weighted by atomic mass is 16.5. The smallest absolute Gasteiger partial charge is 0.237 e. The maximum absolute atomic E-state index is 11.5. The van der Waals surface area contributed by atoms with Crippen molar-refractivity contribution < 1.29 is 9.53 Å². The number of ether oxygens (including phenoxy) is 1. The molecular weight excluding hydrogens is 204 g/mol. The van der Waals surface area contributed by atoms with E-state index in [1.165, 1.54) is 0 Å². The second-order valence-electron chi connectivity index (χ2n) is 3.83. The number of nitriles is 1. The highest BCUT2D eigenvalue weighted by molar-refractivity contribution is 5.81. The molecule has 1 N–H and O–H groups in total. The van der Waals surface area contributed by atoms with Gasteiger partial charge in [-0.15, -0.1) is 6.58 Å². The van der Waals surface area contributed by atoms with E-state index in [-0.39, 0.29) is 11.8 Å². The van der Waals surface area contributed by atoms with Crippen LogP contribution in [0, 0.1) is 23.2 Å². The Balaban J connectivity index is 3.65. The van der Waals surface area contributed by atoms with Gasteiger partial charge in [-0.1, -0.05) is 19.9 Å². The number of nitrogens with one attached hydrogen (secondary N) is 1. The van der Waals surface area contributed by atoms with E-state index in [2.05, 4.69) is 11.9 Å². The van der Waals surface area contributed by atoms with E-state index < -0.39 is 5.92 Å². The van der Waals surface area contributed by atoms with Gasteiger partial charge >= 0.3 is 0 Å². The van der Waals surface area contributed by atoms with Crippen LogP contribution < -0.4 is 5.32 Å². The molecule has 0 aromatic rings. The SMILES string of the molecule is C=CCCOCCNC(=O)C(C#N)C(C)C. The topological polar surface area (TPSA) is 62.1 Å². The van der Waals surface area contributed by atoms with Crippen LogP contribution in [-0.2, 0) is 9.53 Å². The summed E-state index contributed by atoms with van der Waals surface area (Å²) in [6.45, 7) is 8.81. The van der Waals surface area contributed by atoms with Gasteiger partial charge in [0.15, 0.2) is 0 Å². The number of hydrogen-bond acceptors (Lipinski definition) is 3. The lowest BCUT2D eigenvalue weighted by atomic mass is 9.97. The fourth-order valence-corrected chi connectivity index (χ4v) is 1.14. The van der Waals surface area contributed by atoms with E-state index in [4.69, 9.17) is 10.00 Å². The summed E-state index contributed by atoms with van der Waals surface area (Å²) >= 11 is 0. The van der Waals surface area contributed by atoms with Crippen molar-refractivity contribution in [2.75, 3.05) is 19.8 Å². The van der Waals surface area contributed by atoms with Gasteiger partial charge in [0.25, 0.3) is 0 Å². The third-order valence-corrected chi connectivity index (χ3v) is 2.10. The molecule has 0 saturated carbocycles. The van der Waals surface area contributed by atoms with Crippen molar-refractivity contribution in [3.8, 4) is 6.07 Å². The van der Waals surface area contributed by atoms with Crippen LogP contribution in [0.4, 0.5) is 0 Å². The van der Waals surface area contributed by atoms with Crippen molar-refractivity contribution >= 4 is 5.91 Å². The van der Waals surface area contributed by atoms with Crippen LogP contribution in [-0.4, -0.2) is 25.7 Å². The number of nitrogens with zero attached hydrogens (tertiary/aromatic N) is 1. The van der Waals surface area contributed by atoms with Gasteiger partial charge in [0.2, 0.25) is 5.91 Å². The van der Waals surface area contributed by atoms with Crippen molar-refractivity contribution in [3.05, 3.63) is 12.7 Å². The molecule has 0 aliphatic carbocycles. The van der Waals surface area contributed by atoms with E-state index in [0.717, 1.165) is 6.42 Å². The summed E-state index contributed by atoms with van der Waals surface area (Å²) in [5, 5.41) is 11.5. The zero-order valence-corrected chi connectivity index (χ0v) is 10.0. The fourth-order valence-electron chi connectivity index (χ4n) is 1.14. The third kappa shape index (κ3) is 6.20. The average Bonchev–Trinajstić information content (AvgIpc) is 2.23. The van der Waals surface area contributed by atoms with E-state index in [0.29, 0.717) is 19.8 Å². The lowest BCUT2D eigenvalue weighted by Gasteiger charge is -2.12. The molecule has 0 fully saturated rings. The van der Waals surface area contributed by atoms with E-state index in [1.807, 2.05) is 19.9 Å². The summed E-state index contributed by atoms with van der Waals surface area (Å²) in [5.41, 5.74) is 0. The van der Waals surface area contributed by atoms with Crippen LogP contribution in [0.5, 0.6) is 0 Å². The van der Waals surface area contributed by atoms with Crippen LogP contribution in [0.25, 0.3) is 0 Å². The van der Waals surface area contributed by atoms with Crippen LogP contribution in [0.2, 0.25) is 0 Å². The first-order chi connectivity index (χ1) is 7.63. The summed E-state index contributed by atoms with van der Waals surface area (Å²) < 4.78 is 5.23. The number of hydrogen-bond donors (Lipinski definition) is 1. The molecule has 0 radical (unpaired) electrons. The van der Waals surface area contributed by atoms with Crippen molar-refractivity contribution in [2.24, 2.45) is 11.8 Å². The van der Waals surface area contributed by atoms with Crippen LogP contribution in [0.3, 0.4) is 0 Å². The largest absolute Gasteiger partial charge is 0.379 e. The molecule has 0 bridgehead atoms. The number of rotatable bonds is 8. The molecule has 0 spiro atoms. The molecule has 16 heavy (non-hydrogen) atoms. The van der Waals surface area contributed by atoms with Gasteiger partial charge < -0.3 is 10.1 Å². The maximum Gasteiger partial charge on any atom is 0.237 e. The lowest BCUT2D eigenvalue weighted by molar-refractivity contribution is -0.124. The first kappa shape index (κ1) is 14.7. The molecule has 0 rings (SSSR count). The number of carbonyl (C=O) groups excluding carboxylic acids is 1. The number of amides is 1. The summed E-state index contributed by atoms with van der Waals surface area (Å²) in [5.74, 6) is -0.760. The van der Waals surface area contributed by atoms with Crippen molar-refractivity contribution in [2.45, 2.75) is 20.3 Å². The van der Waals surface area contributed by atoms with Gasteiger partial charge in [-0.3, -0.25) is 4.79 Å². The Kier molecular flexibility index (Phi) is 8.18. The average molecular weight is 224 g/mol. The molecule has 0 aliphatic rings. The molecule has 1 atom stereocenters. The normalized spacial score (nSPS) is 11.9. The minimum atomic E-state index is -0.576. The van der Waals surface area contributed by atoms with Gasteiger partial charge in [-0.2, -0.15) is 5.26 Å². The van der Waals surface area contributed by atoms with E-state index in [9.17, 15) is 4.79 Å². The predicted molar refractivity (Wildman–Crippen MR) is 62.6 cm³/mol. The zero-order chi connectivity index (χ0) is 12.4. The molecule has 0 aromatic heterocycles. The van der Waals surface area contributed by atoms with Gasteiger partial charge in [0, 0.05) is 6.54 Å². The molecule has 4 nitrogen and oxygen atoms in total. The Labute approximate surface area is 97.3 Å². The molecule has 0 saturated heterocycles. The molecule has 1 amide bonds. The summed E-state index contributed by atoms with van der Waals surface area (Å²) in [6.07, 6.45) is 2.59. The van der Waals surface area contributed by atoms with Crippen molar-refractivity contribution in [1.82, 2.24) is 5.32 Å². The molecule has 90 valence electrons. The molecule has 4 heteroatoms. The van der Waals surface area contributed by atoms with Crippen LogP contribution >= 0.6 is 0 Å². The second kappa shape index (κ2) is 8.93. The molecule has 0 heterocycles. The second-order valence-corrected chi connectivity index (χ2v) is 3.83. The first-order valence-electron chi connectivity index (χ1n) is 5.49. The van der Waals surface area contributed by atoms with E-state index in [1.54, 1.807) is 6.08 Å². The van der Waals surface area contributed by atoms with Gasteiger partial charge in [-0.05, 0) is 12.3 Å². The predicted octanol–water partition coefficient (Wildman–Crippen LogP) is 1.49. The summed E-state index contributed by atoms with van der Waals surface area (Å²) in [7, 11) is 0. The van der Waals surface area contributed by atoms with Crippen molar-refractivity contribution in [1.29, 1.82) is 5.26 Å². The Hall–Kier alpha value is -1.34. The van der Waals surface area contributed by atoms with Gasteiger partial charge in [0.05, 0.1) is 19.3 Å². The van der Waals surface area contributed by atoms with Crippen molar-refractivity contribution in [3.63, 3.8) is 0 Å². The Morgan fingerprint density at radius 2 is 2.25 bits per heavy atom. The van der Waals surface area contributed by atoms with Gasteiger partial charge in [-0.25, -0.2) is 0 Å². The summed E-state index contributed by atoms with van der Waals surface area (Å²) in [4.78, 5) is 11.5. The number of carbonyl (C=O) groups is 1. The monoisotopic (exact) mass is 224 g/mol. The quantitative estimate of drug-likeness (QED) is 0.502. The maximum atomic E-state index is 11.5. The Morgan fingerprint density at radius 1 is 1.56 bits per heavy atom. The summed E-state index contributed by atoms with van der Waals surface area (Å²) in [6, 6.07) is 2.00. The minimum Gasteiger partial charge on any atom is -0.379 e. The third-order valence-electron chi connectivity index (χ3n) is 2.10. The molecular formula is C12H20N2O2. The first-order valence-corrected chi connectivity index (χ1v) is 5.49.